The van der Waals surface area contributed by atoms with Crippen LogP contribution < -0.4 is 4.74 Å². The molecule has 2 aliphatic heterocycles. The van der Waals surface area contributed by atoms with Gasteiger partial charge in [0.25, 0.3) is 11.8 Å². The number of nitrogens with zero attached hydrogens (tertiary/aromatic N) is 3. The molecule has 0 bridgehead atoms. The summed E-state index contributed by atoms with van der Waals surface area (Å²) < 4.78 is 5.98. The van der Waals surface area contributed by atoms with E-state index in [4.69, 9.17) is 4.74 Å². The average Bonchev–Trinajstić information content (AvgIpc) is 3.51. The number of hydrogen-bond acceptors (Lipinski definition) is 4. The maximum absolute atomic E-state index is 13.4. The van der Waals surface area contributed by atoms with Crippen LogP contribution in [0.15, 0.2) is 60.7 Å². The molecule has 182 valence electrons. The molecular weight excluding hydrogens is 452 g/mol. The van der Waals surface area contributed by atoms with Crippen molar-refractivity contribution in [1.29, 1.82) is 0 Å². The molecule has 3 aromatic carbocycles. The standard InChI is InChI=1S/C29H28N4O3/c1-19-30-25-10-8-23(17-26(25)31-19)22-9-11-27-24(16-22)18-33(14-15-36-27)29(35)21-6-4-20(5-7-21)28(34)32-12-2-3-13-32/h4-11,16-17H,2-3,12-15,18H2,1H3,(H,30,31). The zero-order valence-corrected chi connectivity index (χ0v) is 20.3. The number of amides is 2. The molecule has 4 aromatic rings. The van der Waals surface area contributed by atoms with Gasteiger partial charge in [0, 0.05) is 36.3 Å². The van der Waals surface area contributed by atoms with Crippen LogP contribution in [-0.4, -0.2) is 57.8 Å². The summed E-state index contributed by atoms with van der Waals surface area (Å²) in [6.07, 6.45) is 2.11. The van der Waals surface area contributed by atoms with Crippen LogP contribution in [-0.2, 0) is 6.54 Å². The maximum Gasteiger partial charge on any atom is 0.254 e. The molecule has 3 heterocycles. The Balaban J connectivity index is 1.22. The Hall–Kier alpha value is -4.13. The van der Waals surface area contributed by atoms with Crippen LogP contribution in [0.5, 0.6) is 5.75 Å². The Kier molecular flexibility index (Phi) is 5.68. The molecule has 6 rings (SSSR count). The van der Waals surface area contributed by atoms with Gasteiger partial charge in [0.2, 0.25) is 0 Å². The van der Waals surface area contributed by atoms with Crippen molar-refractivity contribution < 1.29 is 14.3 Å². The highest BCUT2D eigenvalue weighted by atomic mass is 16.5. The van der Waals surface area contributed by atoms with Crippen molar-refractivity contribution in [3.63, 3.8) is 0 Å². The first-order valence-corrected chi connectivity index (χ1v) is 12.5. The lowest BCUT2D eigenvalue weighted by molar-refractivity contribution is 0.0731. The predicted octanol–water partition coefficient (Wildman–Crippen LogP) is 4.81. The van der Waals surface area contributed by atoms with Crippen LogP contribution in [0.25, 0.3) is 22.2 Å². The number of imidazole rings is 1. The van der Waals surface area contributed by atoms with Crippen molar-refractivity contribution in [3.8, 4) is 16.9 Å². The molecule has 0 saturated carbocycles. The molecule has 2 amide bonds. The molecule has 7 heteroatoms. The molecule has 0 unspecified atom stereocenters. The highest BCUT2D eigenvalue weighted by Gasteiger charge is 2.23. The third kappa shape index (κ3) is 4.21. The van der Waals surface area contributed by atoms with E-state index in [2.05, 4.69) is 34.2 Å². The Morgan fingerprint density at radius 3 is 2.25 bits per heavy atom. The van der Waals surface area contributed by atoms with Crippen molar-refractivity contribution in [3.05, 3.63) is 83.2 Å². The van der Waals surface area contributed by atoms with Gasteiger partial charge in [-0.1, -0.05) is 12.1 Å². The van der Waals surface area contributed by atoms with Gasteiger partial charge < -0.3 is 19.5 Å². The number of hydrogen-bond donors (Lipinski definition) is 1. The third-order valence-electron chi connectivity index (χ3n) is 7.03. The van der Waals surface area contributed by atoms with Gasteiger partial charge in [-0.2, -0.15) is 0 Å². The predicted molar refractivity (Wildman–Crippen MR) is 138 cm³/mol. The molecule has 36 heavy (non-hydrogen) atoms. The Bertz CT molecular complexity index is 1450. The lowest BCUT2D eigenvalue weighted by Crippen LogP contribution is -2.32. The number of carbonyl (C=O) groups is 2. The molecular formula is C29H28N4O3. The SMILES string of the molecule is Cc1nc2ccc(-c3ccc4c(c3)CN(C(=O)c3ccc(C(=O)N5CCCC5)cc3)CCO4)cc2[nH]1. The minimum absolute atomic E-state index is 0.0413. The van der Waals surface area contributed by atoms with E-state index in [0.717, 1.165) is 65.2 Å². The summed E-state index contributed by atoms with van der Waals surface area (Å²) in [5, 5.41) is 0. The number of aromatic amines is 1. The third-order valence-corrected chi connectivity index (χ3v) is 7.03. The molecule has 0 radical (unpaired) electrons. The Morgan fingerprint density at radius 1 is 0.833 bits per heavy atom. The molecule has 2 aliphatic rings. The van der Waals surface area contributed by atoms with Gasteiger partial charge in [-0.15, -0.1) is 0 Å². The van der Waals surface area contributed by atoms with Crippen LogP contribution in [0.1, 0.15) is 44.9 Å². The van der Waals surface area contributed by atoms with Gasteiger partial charge in [-0.25, -0.2) is 4.98 Å². The Labute approximate surface area is 209 Å². The molecule has 0 aliphatic carbocycles. The normalized spacial score (nSPS) is 15.5. The van der Waals surface area contributed by atoms with Crippen LogP contribution in [0.2, 0.25) is 0 Å². The molecule has 1 N–H and O–H groups in total. The van der Waals surface area contributed by atoms with Crippen molar-refractivity contribution in [2.75, 3.05) is 26.2 Å². The summed E-state index contributed by atoms with van der Waals surface area (Å²) in [4.78, 5) is 37.5. The zero-order valence-electron chi connectivity index (χ0n) is 20.3. The van der Waals surface area contributed by atoms with Crippen molar-refractivity contribution >= 4 is 22.8 Å². The number of rotatable bonds is 3. The number of aromatic nitrogens is 2. The highest BCUT2D eigenvalue weighted by molar-refractivity contribution is 5.98. The summed E-state index contributed by atoms with van der Waals surface area (Å²) in [5.74, 6) is 1.67. The second-order valence-corrected chi connectivity index (χ2v) is 9.53. The molecule has 7 nitrogen and oxygen atoms in total. The quantitative estimate of drug-likeness (QED) is 0.457. The smallest absolute Gasteiger partial charge is 0.254 e. The average molecular weight is 481 g/mol. The number of fused-ring (bicyclic) bond motifs is 2. The lowest BCUT2D eigenvalue weighted by atomic mass is 10.0. The van der Waals surface area contributed by atoms with E-state index in [-0.39, 0.29) is 11.8 Å². The van der Waals surface area contributed by atoms with Gasteiger partial charge in [0.1, 0.15) is 18.2 Å². The summed E-state index contributed by atoms with van der Waals surface area (Å²) in [6.45, 7) is 4.96. The topological polar surface area (TPSA) is 78.5 Å². The number of benzene rings is 3. The van der Waals surface area contributed by atoms with E-state index in [1.807, 2.05) is 28.9 Å². The fourth-order valence-electron chi connectivity index (χ4n) is 5.10. The van der Waals surface area contributed by atoms with Gasteiger partial charge in [-0.3, -0.25) is 9.59 Å². The fraction of sp³-hybridized carbons (Fsp3) is 0.276. The monoisotopic (exact) mass is 480 g/mol. The van der Waals surface area contributed by atoms with Gasteiger partial charge >= 0.3 is 0 Å². The number of H-pyrrole nitrogens is 1. The number of ether oxygens (including phenoxy) is 1. The summed E-state index contributed by atoms with van der Waals surface area (Å²) in [7, 11) is 0. The van der Waals surface area contributed by atoms with Crippen molar-refractivity contribution in [2.24, 2.45) is 0 Å². The lowest BCUT2D eigenvalue weighted by Gasteiger charge is -2.20. The highest BCUT2D eigenvalue weighted by Crippen LogP contribution is 2.31. The van der Waals surface area contributed by atoms with E-state index >= 15 is 0 Å². The van der Waals surface area contributed by atoms with E-state index in [9.17, 15) is 9.59 Å². The summed E-state index contributed by atoms with van der Waals surface area (Å²) in [6, 6.07) is 19.4. The minimum atomic E-state index is -0.0635. The summed E-state index contributed by atoms with van der Waals surface area (Å²) in [5.41, 5.74) is 6.26. The van der Waals surface area contributed by atoms with E-state index in [1.54, 1.807) is 24.3 Å². The van der Waals surface area contributed by atoms with Crippen molar-refractivity contribution in [1.82, 2.24) is 19.8 Å². The first-order valence-electron chi connectivity index (χ1n) is 12.5. The first kappa shape index (κ1) is 22.3. The van der Waals surface area contributed by atoms with Crippen LogP contribution in [0.3, 0.4) is 0 Å². The fourth-order valence-corrected chi connectivity index (χ4v) is 5.10. The molecule has 0 atom stereocenters. The Morgan fingerprint density at radius 2 is 1.50 bits per heavy atom. The van der Waals surface area contributed by atoms with Gasteiger partial charge in [-0.05, 0) is 79.4 Å². The molecule has 1 fully saturated rings. The zero-order chi connectivity index (χ0) is 24.6. The second kappa shape index (κ2) is 9.15. The van der Waals surface area contributed by atoms with E-state index < -0.39 is 0 Å². The molecule has 1 saturated heterocycles. The first-order chi connectivity index (χ1) is 17.5. The van der Waals surface area contributed by atoms with Gasteiger partial charge in [0.15, 0.2) is 0 Å². The number of nitrogens with one attached hydrogen (secondary N) is 1. The largest absolute Gasteiger partial charge is 0.491 e. The van der Waals surface area contributed by atoms with E-state index in [0.29, 0.717) is 30.8 Å². The molecule has 0 spiro atoms. The van der Waals surface area contributed by atoms with Crippen molar-refractivity contribution in [2.45, 2.75) is 26.3 Å². The number of likely N-dealkylation sites (tertiary alicyclic amines) is 1. The second-order valence-electron chi connectivity index (χ2n) is 9.53. The van der Waals surface area contributed by atoms with E-state index in [1.165, 1.54) is 0 Å². The van der Waals surface area contributed by atoms with Crippen LogP contribution in [0, 0.1) is 6.92 Å². The van der Waals surface area contributed by atoms with Crippen LogP contribution in [0.4, 0.5) is 0 Å². The van der Waals surface area contributed by atoms with Crippen LogP contribution >= 0.6 is 0 Å². The minimum Gasteiger partial charge on any atom is -0.491 e. The number of carbonyl (C=O) groups excluding carboxylic acids is 2. The maximum atomic E-state index is 13.4. The molecule has 1 aromatic heterocycles. The summed E-state index contributed by atoms with van der Waals surface area (Å²) >= 11 is 0. The van der Waals surface area contributed by atoms with Gasteiger partial charge in [0.05, 0.1) is 17.6 Å². The number of aryl methyl sites for hydroxylation is 1.